The first kappa shape index (κ1) is 12.6. The van der Waals surface area contributed by atoms with Gasteiger partial charge >= 0.3 is 0 Å². The molecule has 1 N–H and O–H groups in total. The van der Waals surface area contributed by atoms with Crippen LogP contribution < -0.4 is 0 Å². The van der Waals surface area contributed by atoms with Crippen LogP contribution in [0.2, 0.25) is 0 Å². The summed E-state index contributed by atoms with van der Waals surface area (Å²) in [6, 6.07) is 5.13. The van der Waals surface area contributed by atoms with Crippen LogP contribution in [0.15, 0.2) is 23.8 Å². The van der Waals surface area contributed by atoms with Gasteiger partial charge in [0.1, 0.15) is 5.76 Å². The topological polar surface area (TPSA) is 54.4 Å². The van der Waals surface area contributed by atoms with E-state index in [2.05, 4.69) is 0 Å². The summed E-state index contributed by atoms with van der Waals surface area (Å²) in [4.78, 5) is 23.9. The number of unbranched alkanes of at least 4 members (excludes halogenated alkanes) is 1. The van der Waals surface area contributed by atoms with E-state index in [1.54, 1.807) is 18.2 Å². The fourth-order valence-electron chi connectivity index (χ4n) is 2.17. The van der Waals surface area contributed by atoms with E-state index in [1.807, 2.05) is 13.8 Å². The number of carbonyl (C=O) groups is 2. The Morgan fingerprint density at radius 3 is 2.50 bits per heavy atom. The van der Waals surface area contributed by atoms with Gasteiger partial charge in [-0.3, -0.25) is 9.59 Å². The summed E-state index contributed by atoms with van der Waals surface area (Å²) in [5, 5.41) is 10.2. The first-order valence-electron chi connectivity index (χ1n) is 6.18. The van der Waals surface area contributed by atoms with Gasteiger partial charge in [-0.15, -0.1) is 0 Å². The fraction of sp³-hybridized carbons (Fsp3) is 0.333. The molecule has 1 aliphatic carbocycles. The lowest BCUT2D eigenvalue weighted by Gasteiger charge is -2.18. The molecule has 1 aromatic rings. The van der Waals surface area contributed by atoms with Crippen LogP contribution in [-0.2, 0) is 4.79 Å². The van der Waals surface area contributed by atoms with Crippen LogP contribution >= 0.6 is 0 Å². The lowest BCUT2D eigenvalue weighted by atomic mass is 9.85. The summed E-state index contributed by atoms with van der Waals surface area (Å²) in [5.74, 6) is -1.09. The third-order valence-corrected chi connectivity index (χ3v) is 3.22. The molecule has 0 saturated heterocycles. The molecule has 0 aromatic heterocycles. The molecule has 1 aliphatic rings. The molecule has 1 aromatic carbocycles. The summed E-state index contributed by atoms with van der Waals surface area (Å²) in [5.41, 5.74) is 2.02. The highest BCUT2D eigenvalue weighted by Crippen LogP contribution is 2.30. The van der Waals surface area contributed by atoms with Crippen LogP contribution in [0, 0.1) is 6.92 Å². The van der Waals surface area contributed by atoms with Gasteiger partial charge in [0.2, 0.25) is 11.6 Å². The molecule has 3 nitrogen and oxygen atoms in total. The van der Waals surface area contributed by atoms with Gasteiger partial charge in [-0.05, 0) is 31.9 Å². The van der Waals surface area contributed by atoms with Crippen molar-refractivity contribution in [3.63, 3.8) is 0 Å². The highest BCUT2D eigenvalue weighted by atomic mass is 16.3. The maximum Gasteiger partial charge on any atom is 0.234 e. The quantitative estimate of drug-likeness (QED) is 0.830. The van der Waals surface area contributed by atoms with Crippen LogP contribution in [0.4, 0.5) is 0 Å². The summed E-state index contributed by atoms with van der Waals surface area (Å²) in [7, 11) is 0. The van der Waals surface area contributed by atoms with Crippen molar-refractivity contribution in [1.29, 1.82) is 0 Å². The number of allylic oxidation sites excluding steroid dienone is 1. The highest BCUT2D eigenvalue weighted by Gasteiger charge is 2.32. The molecular formula is C15H16O3. The largest absolute Gasteiger partial charge is 0.507 e. The molecule has 0 aliphatic heterocycles. The van der Waals surface area contributed by atoms with Crippen LogP contribution in [0.3, 0.4) is 0 Å². The van der Waals surface area contributed by atoms with E-state index in [4.69, 9.17) is 0 Å². The number of hydrogen-bond donors (Lipinski definition) is 1. The second kappa shape index (κ2) is 4.77. The second-order valence-electron chi connectivity index (χ2n) is 4.64. The number of aliphatic hydroxyl groups excluding tert-OH is 1. The molecule has 0 bridgehead atoms. The predicted molar refractivity (Wildman–Crippen MR) is 69.6 cm³/mol. The maximum atomic E-state index is 12.0. The summed E-state index contributed by atoms with van der Waals surface area (Å²) in [6.07, 6.45) is 2.17. The molecule has 18 heavy (non-hydrogen) atoms. The van der Waals surface area contributed by atoms with E-state index in [1.165, 1.54) is 0 Å². The van der Waals surface area contributed by atoms with E-state index in [0.717, 1.165) is 18.4 Å². The fourth-order valence-corrected chi connectivity index (χ4v) is 2.17. The molecule has 0 amide bonds. The normalized spacial score (nSPS) is 15.0. The molecule has 94 valence electrons. The maximum absolute atomic E-state index is 12.0. The van der Waals surface area contributed by atoms with Crippen molar-refractivity contribution in [2.24, 2.45) is 0 Å². The molecule has 2 rings (SSSR count). The monoisotopic (exact) mass is 244 g/mol. The number of fused-ring (bicyclic) bond motifs is 1. The number of Topliss-reactive ketones (excluding diaryl/α,β-unsaturated/α-hetero) is 2. The smallest absolute Gasteiger partial charge is 0.234 e. The van der Waals surface area contributed by atoms with Crippen LogP contribution in [0.5, 0.6) is 0 Å². The van der Waals surface area contributed by atoms with Crippen molar-refractivity contribution >= 4 is 17.3 Å². The van der Waals surface area contributed by atoms with Crippen molar-refractivity contribution in [2.75, 3.05) is 0 Å². The third-order valence-electron chi connectivity index (χ3n) is 3.22. The second-order valence-corrected chi connectivity index (χ2v) is 4.64. The Morgan fingerprint density at radius 2 is 1.83 bits per heavy atom. The minimum absolute atomic E-state index is 0.0215. The van der Waals surface area contributed by atoms with Gasteiger partial charge in [0.25, 0.3) is 0 Å². The molecule has 0 radical (unpaired) electrons. The van der Waals surface area contributed by atoms with E-state index in [9.17, 15) is 14.7 Å². The average Bonchev–Trinajstić information content (AvgIpc) is 2.36. The Bertz CT molecular complexity index is 553. The van der Waals surface area contributed by atoms with Gasteiger partial charge in [0.15, 0.2) is 0 Å². The zero-order valence-corrected chi connectivity index (χ0v) is 10.6. The Hall–Kier alpha value is -1.90. The lowest BCUT2D eigenvalue weighted by Crippen LogP contribution is -2.24. The Balaban J connectivity index is 2.56. The number of aliphatic hydroxyl groups is 1. The van der Waals surface area contributed by atoms with Crippen molar-refractivity contribution in [1.82, 2.24) is 0 Å². The molecule has 0 saturated carbocycles. The zero-order chi connectivity index (χ0) is 13.3. The number of aryl methyl sites for hydroxylation is 1. The van der Waals surface area contributed by atoms with E-state index in [0.29, 0.717) is 17.5 Å². The predicted octanol–water partition coefficient (Wildman–Crippen LogP) is 3.22. The van der Waals surface area contributed by atoms with Crippen molar-refractivity contribution in [3.8, 4) is 0 Å². The van der Waals surface area contributed by atoms with Gasteiger partial charge in [-0.25, -0.2) is 0 Å². The van der Waals surface area contributed by atoms with Gasteiger partial charge in [0.05, 0.1) is 0 Å². The molecular weight excluding hydrogens is 228 g/mol. The standard InChI is InChI=1S/C15H16O3/c1-3-4-5-11-13(16)12-8-9(2)6-7-10(12)14(17)15(11)18/h6-8,16H,3-5H2,1-2H3. The molecule has 0 heterocycles. The van der Waals surface area contributed by atoms with E-state index < -0.39 is 11.6 Å². The Morgan fingerprint density at radius 1 is 1.11 bits per heavy atom. The van der Waals surface area contributed by atoms with Crippen LogP contribution in [-0.4, -0.2) is 16.7 Å². The third kappa shape index (κ3) is 1.96. The molecule has 0 unspecified atom stereocenters. The zero-order valence-electron chi connectivity index (χ0n) is 10.6. The SMILES string of the molecule is CCCCC1=C(O)c2cc(C)ccc2C(=O)C1=O. The average molecular weight is 244 g/mol. The number of carbonyl (C=O) groups excluding carboxylic acids is 2. The van der Waals surface area contributed by atoms with Crippen molar-refractivity contribution in [2.45, 2.75) is 33.1 Å². The summed E-state index contributed by atoms with van der Waals surface area (Å²) >= 11 is 0. The van der Waals surface area contributed by atoms with Gasteiger partial charge in [-0.2, -0.15) is 0 Å². The highest BCUT2D eigenvalue weighted by molar-refractivity contribution is 6.52. The number of rotatable bonds is 3. The summed E-state index contributed by atoms with van der Waals surface area (Å²) in [6.45, 7) is 3.89. The first-order valence-corrected chi connectivity index (χ1v) is 6.18. The molecule has 0 fully saturated rings. The van der Waals surface area contributed by atoms with E-state index >= 15 is 0 Å². The van der Waals surface area contributed by atoms with Gasteiger partial charge in [-0.1, -0.05) is 25.0 Å². The molecule has 3 heteroatoms. The lowest BCUT2D eigenvalue weighted by molar-refractivity contribution is -0.112. The number of hydrogen-bond acceptors (Lipinski definition) is 3. The Labute approximate surface area is 106 Å². The minimum atomic E-state index is -0.558. The Kier molecular flexibility index (Phi) is 3.32. The van der Waals surface area contributed by atoms with E-state index in [-0.39, 0.29) is 11.3 Å². The number of benzene rings is 1. The molecule has 0 spiro atoms. The van der Waals surface area contributed by atoms with Gasteiger partial charge < -0.3 is 5.11 Å². The number of ketones is 2. The van der Waals surface area contributed by atoms with Crippen LogP contribution in [0.25, 0.3) is 5.76 Å². The molecule has 0 atom stereocenters. The van der Waals surface area contributed by atoms with Crippen LogP contribution in [0.1, 0.15) is 47.7 Å². The van der Waals surface area contributed by atoms with Crippen molar-refractivity contribution in [3.05, 3.63) is 40.5 Å². The van der Waals surface area contributed by atoms with Gasteiger partial charge in [0, 0.05) is 16.7 Å². The first-order chi connectivity index (χ1) is 8.56. The summed E-state index contributed by atoms with van der Waals surface area (Å²) < 4.78 is 0. The van der Waals surface area contributed by atoms with Crippen molar-refractivity contribution < 1.29 is 14.7 Å². The minimum Gasteiger partial charge on any atom is -0.507 e.